The number of rotatable bonds is 2. The number of ether oxygens (including phenoxy) is 1. The molecule has 4 heteroatoms. The van der Waals surface area contributed by atoms with Crippen LogP contribution in [-0.4, -0.2) is 56.2 Å². The smallest absolute Gasteiger partial charge is 0.410 e. The van der Waals surface area contributed by atoms with Crippen LogP contribution in [0.25, 0.3) is 0 Å². The van der Waals surface area contributed by atoms with Crippen LogP contribution in [0, 0.1) is 11.8 Å². The van der Waals surface area contributed by atoms with E-state index in [1.807, 2.05) is 0 Å². The van der Waals surface area contributed by atoms with Crippen molar-refractivity contribution in [2.75, 3.05) is 40.3 Å². The summed E-state index contributed by atoms with van der Waals surface area (Å²) in [5.74, 6) is 6.12. The van der Waals surface area contributed by atoms with Gasteiger partial charge in [0.05, 0.1) is 20.2 Å². The van der Waals surface area contributed by atoms with Crippen LogP contribution in [0.15, 0.2) is 0 Å². The third kappa shape index (κ3) is 5.60. The second-order valence-corrected chi connectivity index (χ2v) is 4.37. The number of nitrogens with zero attached hydrogens (tertiary/aromatic N) is 2. The first-order valence-electron chi connectivity index (χ1n) is 6.21. The average Bonchev–Trinajstić information content (AvgIpc) is 2.61. The minimum atomic E-state index is -0.339. The quantitative estimate of drug-likeness (QED) is 0.684. The molecule has 1 aliphatic heterocycles. The van der Waals surface area contributed by atoms with Gasteiger partial charge in [-0.25, -0.2) is 4.79 Å². The van der Waals surface area contributed by atoms with Crippen LogP contribution in [-0.2, 0) is 4.74 Å². The van der Waals surface area contributed by atoms with Crippen molar-refractivity contribution in [3.63, 3.8) is 0 Å². The summed E-state index contributed by atoms with van der Waals surface area (Å²) in [6.45, 7) is 3.55. The molecule has 0 spiro atoms. The van der Waals surface area contributed by atoms with E-state index in [0.717, 1.165) is 19.6 Å². The standard InChI is InChI=1S/C13H22N2O2/c1-14(13(16)17-2)9-7-8-12-15-10-5-3-4-6-11-15/h3-6,9-12H2,1-2H3. The van der Waals surface area contributed by atoms with Crippen LogP contribution >= 0.6 is 0 Å². The Labute approximate surface area is 104 Å². The Kier molecular flexibility index (Phi) is 6.49. The molecule has 0 saturated carbocycles. The largest absolute Gasteiger partial charge is 0.453 e. The Hall–Kier alpha value is -1.21. The Morgan fingerprint density at radius 1 is 1.24 bits per heavy atom. The molecule has 0 radical (unpaired) electrons. The maximum atomic E-state index is 11.1. The third-order valence-corrected chi connectivity index (χ3v) is 2.93. The summed E-state index contributed by atoms with van der Waals surface area (Å²) in [6, 6.07) is 0. The van der Waals surface area contributed by atoms with E-state index in [-0.39, 0.29) is 6.09 Å². The lowest BCUT2D eigenvalue weighted by atomic mass is 10.2. The monoisotopic (exact) mass is 238 g/mol. The molecule has 0 bridgehead atoms. The number of methoxy groups -OCH3 is 1. The molecular formula is C13H22N2O2. The minimum absolute atomic E-state index is 0.339. The molecule has 17 heavy (non-hydrogen) atoms. The molecule has 0 unspecified atom stereocenters. The van der Waals surface area contributed by atoms with E-state index in [2.05, 4.69) is 21.5 Å². The van der Waals surface area contributed by atoms with Crippen LogP contribution < -0.4 is 0 Å². The van der Waals surface area contributed by atoms with E-state index in [4.69, 9.17) is 0 Å². The van der Waals surface area contributed by atoms with Gasteiger partial charge in [0.25, 0.3) is 0 Å². The summed E-state index contributed by atoms with van der Waals surface area (Å²) in [4.78, 5) is 14.9. The molecule has 0 N–H and O–H groups in total. The molecule has 1 amide bonds. The normalized spacial score (nSPS) is 16.6. The number of carbonyl (C=O) groups excluding carboxylic acids is 1. The van der Waals surface area contributed by atoms with Crippen molar-refractivity contribution < 1.29 is 9.53 Å². The van der Waals surface area contributed by atoms with Crippen LogP contribution in [0.2, 0.25) is 0 Å². The molecule has 0 aliphatic carbocycles. The van der Waals surface area contributed by atoms with Crippen molar-refractivity contribution >= 4 is 6.09 Å². The third-order valence-electron chi connectivity index (χ3n) is 2.93. The van der Waals surface area contributed by atoms with E-state index in [1.165, 1.54) is 37.7 Å². The van der Waals surface area contributed by atoms with Crippen molar-refractivity contribution in [3.05, 3.63) is 0 Å². The lowest BCUT2D eigenvalue weighted by Crippen LogP contribution is -2.27. The summed E-state index contributed by atoms with van der Waals surface area (Å²) in [6.07, 6.45) is 4.91. The molecule has 0 aromatic carbocycles. The molecule has 0 aromatic rings. The van der Waals surface area contributed by atoms with E-state index >= 15 is 0 Å². The molecule has 1 heterocycles. The zero-order valence-corrected chi connectivity index (χ0v) is 10.9. The van der Waals surface area contributed by atoms with Gasteiger partial charge in [0.2, 0.25) is 0 Å². The summed E-state index contributed by atoms with van der Waals surface area (Å²) in [5, 5.41) is 0. The van der Waals surface area contributed by atoms with Gasteiger partial charge >= 0.3 is 6.09 Å². The maximum absolute atomic E-state index is 11.1. The Morgan fingerprint density at radius 3 is 2.47 bits per heavy atom. The molecule has 1 saturated heterocycles. The van der Waals surface area contributed by atoms with E-state index in [1.54, 1.807) is 7.05 Å². The van der Waals surface area contributed by atoms with Crippen molar-refractivity contribution in [1.82, 2.24) is 9.80 Å². The molecule has 1 aliphatic rings. The van der Waals surface area contributed by atoms with Gasteiger partial charge in [-0.3, -0.25) is 4.90 Å². The maximum Gasteiger partial charge on any atom is 0.410 e. The fourth-order valence-electron chi connectivity index (χ4n) is 1.86. The first-order chi connectivity index (χ1) is 8.24. The van der Waals surface area contributed by atoms with Crippen molar-refractivity contribution in [3.8, 4) is 11.8 Å². The Morgan fingerprint density at radius 2 is 1.88 bits per heavy atom. The highest BCUT2D eigenvalue weighted by Gasteiger charge is 2.07. The van der Waals surface area contributed by atoms with Gasteiger partial charge in [0.15, 0.2) is 0 Å². The highest BCUT2D eigenvalue weighted by Crippen LogP contribution is 2.08. The first kappa shape index (κ1) is 13.9. The summed E-state index contributed by atoms with van der Waals surface area (Å²) in [7, 11) is 3.07. The number of hydrogen-bond donors (Lipinski definition) is 0. The van der Waals surface area contributed by atoms with E-state index in [0.29, 0.717) is 6.54 Å². The fourth-order valence-corrected chi connectivity index (χ4v) is 1.86. The summed E-state index contributed by atoms with van der Waals surface area (Å²) < 4.78 is 4.58. The van der Waals surface area contributed by atoms with E-state index < -0.39 is 0 Å². The summed E-state index contributed by atoms with van der Waals surface area (Å²) in [5.41, 5.74) is 0. The highest BCUT2D eigenvalue weighted by molar-refractivity contribution is 5.67. The number of amides is 1. The van der Waals surface area contributed by atoms with E-state index in [9.17, 15) is 4.79 Å². The molecule has 96 valence electrons. The van der Waals surface area contributed by atoms with Crippen LogP contribution in [0.4, 0.5) is 4.79 Å². The van der Waals surface area contributed by atoms with Crippen LogP contribution in [0.5, 0.6) is 0 Å². The van der Waals surface area contributed by atoms with Gasteiger partial charge in [-0.1, -0.05) is 24.7 Å². The second-order valence-electron chi connectivity index (χ2n) is 4.37. The van der Waals surface area contributed by atoms with Gasteiger partial charge in [0, 0.05) is 7.05 Å². The van der Waals surface area contributed by atoms with Crippen molar-refractivity contribution in [2.45, 2.75) is 25.7 Å². The SMILES string of the molecule is COC(=O)N(C)CC#CCN1CCCCCC1. The lowest BCUT2D eigenvalue weighted by molar-refractivity contribution is 0.138. The molecule has 1 fully saturated rings. The molecule has 4 nitrogen and oxygen atoms in total. The van der Waals surface area contributed by atoms with Gasteiger partial charge in [-0.2, -0.15) is 0 Å². The Bertz CT molecular complexity index is 286. The molecule has 1 rings (SSSR count). The molecular weight excluding hydrogens is 216 g/mol. The highest BCUT2D eigenvalue weighted by atomic mass is 16.5. The van der Waals surface area contributed by atoms with Crippen LogP contribution in [0.1, 0.15) is 25.7 Å². The van der Waals surface area contributed by atoms with Crippen molar-refractivity contribution in [2.24, 2.45) is 0 Å². The second kappa shape index (κ2) is 7.97. The molecule has 0 aromatic heterocycles. The fraction of sp³-hybridized carbons (Fsp3) is 0.769. The summed E-state index contributed by atoms with van der Waals surface area (Å²) >= 11 is 0. The predicted octanol–water partition coefficient (Wildman–Crippen LogP) is 1.56. The zero-order chi connectivity index (χ0) is 12.5. The topological polar surface area (TPSA) is 32.8 Å². The number of hydrogen-bond acceptors (Lipinski definition) is 3. The number of likely N-dealkylation sites (tertiary alicyclic amines) is 1. The zero-order valence-electron chi connectivity index (χ0n) is 10.9. The van der Waals surface area contributed by atoms with Gasteiger partial charge < -0.3 is 9.64 Å². The van der Waals surface area contributed by atoms with Gasteiger partial charge in [0.1, 0.15) is 0 Å². The van der Waals surface area contributed by atoms with Gasteiger partial charge in [-0.15, -0.1) is 0 Å². The lowest BCUT2D eigenvalue weighted by Gasteiger charge is -2.16. The predicted molar refractivity (Wildman–Crippen MR) is 67.7 cm³/mol. The average molecular weight is 238 g/mol. The minimum Gasteiger partial charge on any atom is -0.453 e. The van der Waals surface area contributed by atoms with Crippen molar-refractivity contribution in [1.29, 1.82) is 0 Å². The Balaban J connectivity index is 2.23. The number of carbonyl (C=O) groups is 1. The molecule has 0 atom stereocenters. The van der Waals surface area contributed by atoms with Crippen LogP contribution in [0.3, 0.4) is 0 Å². The van der Waals surface area contributed by atoms with Gasteiger partial charge in [-0.05, 0) is 25.9 Å². The first-order valence-corrected chi connectivity index (χ1v) is 6.21.